The number of hydrogen-bond donors (Lipinski definition) is 2. The number of halogens is 3. The van der Waals surface area contributed by atoms with Crippen LogP contribution in [0, 0.1) is 0 Å². The minimum atomic E-state index is -4.39. The monoisotopic (exact) mass is 261 g/mol. The maximum atomic E-state index is 11.9. The fourth-order valence-corrected chi connectivity index (χ4v) is 1.19. The van der Waals surface area contributed by atoms with E-state index < -0.39 is 24.7 Å². The van der Waals surface area contributed by atoms with Crippen LogP contribution in [0.5, 0.6) is 0 Å². The van der Waals surface area contributed by atoms with Crippen molar-refractivity contribution in [2.75, 3.05) is 6.54 Å². The van der Waals surface area contributed by atoms with E-state index in [-0.39, 0.29) is 0 Å². The molecule has 0 aliphatic carbocycles. The van der Waals surface area contributed by atoms with E-state index in [9.17, 15) is 18.0 Å². The molecule has 0 radical (unpaired) electrons. The number of carbonyl (C=O) groups is 1. The van der Waals surface area contributed by atoms with Crippen LogP contribution in [0.1, 0.15) is 12.6 Å². The lowest BCUT2D eigenvalue weighted by atomic mass is 10.3. The van der Waals surface area contributed by atoms with E-state index in [0.29, 0.717) is 12.2 Å². The lowest BCUT2D eigenvalue weighted by molar-refractivity contribution is -0.139. The molecule has 1 amide bonds. The number of nitrogens with one attached hydrogen (secondary N) is 2. The minimum absolute atomic E-state index is 0.321. The molecule has 1 unspecified atom stereocenters. The third-order valence-electron chi connectivity index (χ3n) is 2.17. The van der Waals surface area contributed by atoms with Gasteiger partial charge >= 0.3 is 6.18 Å². The summed E-state index contributed by atoms with van der Waals surface area (Å²) in [5, 5.41) is 4.60. The van der Waals surface area contributed by atoms with Crippen LogP contribution in [0.2, 0.25) is 0 Å². The van der Waals surface area contributed by atoms with E-state index in [1.807, 2.05) is 5.32 Å². The van der Waals surface area contributed by atoms with E-state index in [1.54, 1.807) is 24.4 Å². The molecule has 7 heteroatoms. The average molecular weight is 261 g/mol. The van der Waals surface area contributed by atoms with Crippen LogP contribution < -0.4 is 10.6 Å². The Morgan fingerprint density at radius 1 is 1.44 bits per heavy atom. The maximum Gasteiger partial charge on any atom is 0.405 e. The van der Waals surface area contributed by atoms with Crippen LogP contribution in [-0.2, 0) is 11.3 Å². The molecule has 0 fully saturated rings. The van der Waals surface area contributed by atoms with Crippen LogP contribution in [0.25, 0.3) is 0 Å². The van der Waals surface area contributed by atoms with Crippen molar-refractivity contribution in [1.82, 2.24) is 15.6 Å². The second-order valence-corrected chi connectivity index (χ2v) is 3.76. The third-order valence-corrected chi connectivity index (χ3v) is 2.17. The Hall–Kier alpha value is -1.63. The number of alkyl halides is 3. The minimum Gasteiger partial charge on any atom is -0.346 e. The molecule has 1 heterocycles. The summed E-state index contributed by atoms with van der Waals surface area (Å²) >= 11 is 0. The van der Waals surface area contributed by atoms with E-state index in [4.69, 9.17) is 0 Å². The molecule has 1 atom stereocenters. The molecular weight excluding hydrogens is 247 g/mol. The van der Waals surface area contributed by atoms with Crippen LogP contribution in [-0.4, -0.2) is 29.7 Å². The summed E-state index contributed by atoms with van der Waals surface area (Å²) in [5.41, 5.74) is 0.716. The fourth-order valence-electron chi connectivity index (χ4n) is 1.19. The number of carbonyl (C=O) groups excluding carboxylic acids is 1. The molecule has 0 saturated heterocycles. The Labute approximate surface area is 103 Å². The first-order valence-corrected chi connectivity index (χ1v) is 5.36. The first kappa shape index (κ1) is 14.4. The zero-order valence-corrected chi connectivity index (χ0v) is 9.79. The SMILES string of the molecule is CC(NCc1ccccn1)C(=O)NCC(F)(F)F. The van der Waals surface area contributed by atoms with Gasteiger partial charge in [0.05, 0.1) is 11.7 Å². The first-order valence-electron chi connectivity index (χ1n) is 5.36. The van der Waals surface area contributed by atoms with Crippen molar-refractivity contribution in [3.63, 3.8) is 0 Å². The summed E-state index contributed by atoms with van der Waals surface area (Å²) in [5.74, 6) is -0.691. The molecule has 0 saturated carbocycles. The van der Waals surface area contributed by atoms with Crippen molar-refractivity contribution in [2.24, 2.45) is 0 Å². The third kappa shape index (κ3) is 5.62. The molecule has 1 rings (SSSR count). The van der Waals surface area contributed by atoms with Gasteiger partial charge in [0.1, 0.15) is 6.54 Å². The highest BCUT2D eigenvalue weighted by molar-refractivity contribution is 5.81. The largest absolute Gasteiger partial charge is 0.405 e. The standard InChI is InChI=1S/C11H14F3N3O/c1-8(10(18)17-7-11(12,13)14)16-6-9-4-2-3-5-15-9/h2-5,8,16H,6-7H2,1H3,(H,17,18). The van der Waals surface area contributed by atoms with Gasteiger partial charge in [-0.25, -0.2) is 0 Å². The second-order valence-electron chi connectivity index (χ2n) is 3.76. The molecule has 1 aromatic heterocycles. The summed E-state index contributed by atoms with van der Waals surface area (Å²) in [7, 11) is 0. The lowest BCUT2D eigenvalue weighted by Crippen LogP contribution is -2.45. The van der Waals surface area contributed by atoms with Crippen molar-refractivity contribution in [3.8, 4) is 0 Å². The van der Waals surface area contributed by atoms with Gasteiger partial charge in [-0.3, -0.25) is 9.78 Å². The summed E-state index contributed by atoms with van der Waals surface area (Å²) in [6.07, 6.45) is -2.79. The number of rotatable bonds is 5. The Kier molecular flexibility index (Phi) is 5.08. The number of nitrogens with zero attached hydrogens (tertiary/aromatic N) is 1. The van der Waals surface area contributed by atoms with Gasteiger partial charge in [0.15, 0.2) is 0 Å². The molecule has 0 spiro atoms. The molecule has 0 aliphatic heterocycles. The number of amides is 1. The highest BCUT2D eigenvalue weighted by Crippen LogP contribution is 2.12. The Morgan fingerprint density at radius 2 is 2.17 bits per heavy atom. The van der Waals surface area contributed by atoms with Gasteiger partial charge in [-0.05, 0) is 19.1 Å². The summed E-state index contributed by atoms with van der Waals surface area (Å²) in [6.45, 7) is 0.498. The van der Waals surface area contributed by atoms with E-state index in [0.717, 1.165) is 0 Å². The van der Waals surface area contributed by atoms with Gasteiger partial charge in [0.25, 0.3) is 0 Å². The van der Waals surface area contributed by atoms with E-state index in [1.165, 1.54) is 6.92 Å². The lowest BCUT2D eigenvalue weighted by Gasteiger charge is -2.14. The van der Waals surface area contributed by atoms with E-state index >= 15 is 0 Å². The molecule has 0 bridgehead atoms. The normalized spacial score (nSPS) is 13.1. The molecule has 2 N–H and O–H groups in total. The Balaban J connectivity index is 2.32. The van der Waals surface area contributed by atoms with Gasteiger partial charge < -0.3 is 10.6 Å². The van der Waals surface area contributed by atoms with Gasteiger partial charge in [-0.15, -0.1) is 0 Å². The van der Waals surface area contributed by atoms with Crippen molar-refractivity contribution in [1.29, 1.82) is 0 Å². The topological polar surface area (TPSA) is 54.0 Å². The average Bonchev–Trinajstić information content (AvgIpc) is 2.33. The number of aromatic nitrogens is 1. The highest BCUT2D eigenvalue weighted by Gasteiger charge is 2.28. The van der Waals surface area contributed by atoms with Crippen molar-refractivity contribution in [2.45, 2.75) is 25.7 Å². The Bertz CT molecular complexity index is 381. The smallest absolute Gasteiger partial charge is 0.346 e. The second kappa shape index (κ2) is 6.34. The molecule has 1 aromatic rings. The predicted octanol–water partition coefficient (Wildman–Crippen LogP) is 1.24. The van der Waals surface area contributed by atoms with Crippen LogP contribution >= 0.6 is 0 Å². The summed E-state index contributed by atoms with van der Waals surface area (Å²) < 4.78 is 35.7. The van der Waals surface area contributed by atoms with Gasteiger partial charge in [0, 0.05) is 12.7 Å². The Morgan fingerprint density at radius 3 is 2.72 bits per heavy atom. The van der Waals surface area contributed by atoms with Gasteiger partial charge in [-0.2, -0.15) is 13.2 Å². The fraction of sp³-hybridized carbons (Fsp3) is 0.455. The van der Waals surface area contributed by atoms with E-state index in [2.05, 4.69) is 10.3 Å². The maximum absolute atomic E-state index is 11.9. The molecule has 18 heavy (non-hydrogen) atoms. The highest BCUT2D eigenvalue weighted by atomic mass is 19.4. The zero-order valence-electron chi connectivity index (χ0n) is 9.79. The molecule has 100 valence electrons. The molecular formula is C11H14F3N3O. The first-order chi connectivity index (χ1) is 8.38. The van der Waals surface area contributed by atoms with Crippen molar-refractivity contribution in [3.05, 3.63) is 30.1 Å². The molecule has 0 aliphatic rings. The predicted molar refractivity (Wildman–Crippen MR) is 59.6 cm³/mol. The van der Waals surface area contributed by atoms with Crippen LogP contribution in [0.4, 0.5) is 13.2 Å². The van der Waals surface area contributed by atoms with Crippen LogP contribution in [0.3, 0.4) is 0 Å². The van der Waals surface area contributed by atoms with Crippen LogP contribution in [0.15, 0.2) is 24.4 Å². The quantitative estimate of drug-likeness (QED) is 0.838. The molecule has 4 nitrogen and oxygen atoms in total. The molecule has 0 aromatic carbocycles. The van der Waals surface area contributed by atoms with Gasteiger partial charge in [0.2, 0.25) is 5.91 Å². The number of pyridine rings is 1. The number of hydrogen-bond acceptors (Lipinski definition) is 3. The van der Waals surface area contributed by atoms with Gasteiger partial charge in [-0.1, -0.05) is 6.07 Å². The van der Waals surface area contributed by atoms with Crippen molar-refractivity contribution >= 4 is 5.91 Å². The summed E-state index contributed by atoms with van der Waals surface area (Å²) in [6, 6.07) is 4.59. The summed E-state index contributed by atoms with van der Waals surface area (Å²) in [4.78, 5) is 15.3. The zero-order chi connectivity index (χ0) is 13.6. The van der Waals surface area contributed by atoms with Crippen molar-refractivity contribution < 1.29 is 18.0 Å².